The van der Waals surface area contributed by atoms with Crippen molar-refractivity contribution < 1.29 is 0 Å². The maximum Gasteiger partial charge on any atom is 0.0931 e. The minimum atomic E-state index is 0.544. The Balaban J connectivity index is 0.920. The molecule has 0 radical (unpaired) electrons. The first-order valence-electron chi connectivity index (χ1n) is 19.2. The zero-order valence-electron chi connectivity index (χ0n) is 32.2. The lowest BCUT2D eigenvalue weighted by molar-refractivity contribution is 0.689. The Labute approximate surface area is 344 Å². The topological polar surface area (TPSA) is 83.8 Å². The summed E-state index contributed by atoms with van der Waals surface area (Å²) in [5, 5.41) is 12.9. The van der Waals surface area contributed by atoms with Gasteiger partial charge in [0, 0.05) is 107 Å². The molecule has 7 rings (SSSR count). The van der Waals surface area contributed by atoms with Crippen molar-refractivity contribution in [2.24, 2.45) is 0 Å². The largest absolute Gasteiger partial charge is 0.374 e. The molecule has 0 saturated heterocycles. The molecule has 7 aromatic rings. The van der Waals surface area contributed by atoms with E-state index in [1.54, 1.807) is 0 Å². The van der Waals surface area contributed by atoms with Crippen LogP contribution in [0, 0.1) is 30.6 Å². The Morgan fingerprint density at radius 3 is 1.89 bits per heavy atom. The second-order valence-electron chi connectivity index (χ2n) is 13.7. The number of halogens is 1. The molecule has 0 spiro atoms. The van der Waals surface area contributed by atoms with Gasteiger partial charge in [-0.15, -0.1) is 0 Å². The number of hydrogen-bond donors (Lipinski definition) is 4. The molecular formula is C47H47IN8. The van der Waals surface area contributed by atoms with E-state index in [1.165, 1.54) is 44.1 Å². The molecule has 0 aliphatic rings. The van der Waals surface area contributed by atoms with Gasteiger partial charge in [-0.3, -0.25) is 13.5 Å². The second kappa shape index (κ2) is 18.8. The standard InChI is InChI=1S/C47H47IN8/c1-4-55-44(12-8-21-51-42-20-23-50-34(3)24-42)28-39-25-35(14-18-46(39)55)30-49-32-38-11-7-6-10-37(38)27-41-16-17-43(33-53-41)52-22-9-13-45-29-40-26-36(31-54-48)15-19-47(40)56(45)5-2/h6-7,10-11,14-20,23-26,28-29,33,49,52,54H,4-5,21-22,27,30-32H2,1-3H3,(H,50,51). The first-order valence-corrected chi connectivity index (χ1v) is 20.3. The normalized spacial score (nSPS) is 10.9. The lowest BCUT2D eigenvalue weighted by Crippen LogP contribution is -2.14. The second-order valence-corrected chi connectivity index (χ2v) is 14.5. The Bertz CT molecular complexity index is 2560. The maximum atomic E-state index is 4.79. The molecule has 9 heteroatoms. The smallest absolute Gasteiger partial charge is 0.0931 e. The van der Waals surface area contributed by atoms with Crippen molar-refractivity contribution in [3.05, 3.63) is 154 Å². The number of fused-ring (bicyclic) bond motifs is 2. The fraction of sp³-hybridized carbons (Fsp3) is 0.234. The summed E-state index contributed by atoms with van der Waals surface area (Å²) in [6.45, 7) is 11.6. The highest BCUT2D eigenvalue weighted by Gasteiger charge is 2.09. The fourth-order valence-electron chi connectivity index (χ4n) is 7.12. The lowest BCUT2D eigenvalue weighted by atomic mass is 10.0. The molecular weight excluding hydrogens is 803 g/mol. The minimum absolute atomic E-state index is 0.544. The van der Waals surface area contributed by atoms with Gasteiger partial charge in [0.25, 0.3) is 0 Å². The van der Waals surface area contributed by atoms with E-state index in [0.717, 1.165) is 73.3 Å². The van der Waals surface area contributed by atoms with Crippen molar-refractivity contribution in [3.63, 3.8) is 0 Å². The van der Waals surface area contributed by atoms with Gasteiger partial charge in [-0.25, -0.2) is 0 Å². The van der Waals surface area contributed by atoms with Crippen molar-refractivity contribution in [2.75, 3.05) is 23.7 Å². The van der Waals surface area contributed by atoms with Crippen LogP contribution in [0.25, 0.3) is 21.8 Å². The molecule has 0 bridgehead atoms. The SMILES string of the molecule is CCn1c(C#CCNc2ccc(Cc3ccccc3CNCc3ccc4c(c3)cc(C#CCNc3ccnc(C)c3)n4CC)nc2)cc2cc(CNI)ccc21. The van der Waals surface area contributed by atoms with Crippen LogP contribution in [0.3, 0.4) is 0 Å². The third-order valence-electron chi connectivity index (χ3n) is 9.89. The van der Waals surface area contributed by atoms with E-state index in [9.17, 15) is 0 Å². The van der Waals surface area contributed by atoms with Crippen LogP contribution in [-0.4, -0.2) is 32.2 Å². The number of aryl methyl sites for hydroxylation is 3. The molecule has 8 nitrogen and oxygen atoms in total. The monoisotopic (exact) mass is 850 g/mol. The highest BCUT2D eigenvalue weighted by atomic mass is 127. The van der Waals surface area contributed by atoms with Gasteiger partial charge in [0.2, 0.25) is 0 Å². The quantitative estimate of drug-likeness (QED) is 0.0497. The first kappa shape index (κ1) is 38.7. The van der Waals surface area contributed by atoms with Gasteiger partial charge >= 0.3 is 0 Å². The number of nitrogens with one attached hydrogen (secondary N) is 4. The zero-order valence-corrected chi connectivity index (χ0v) is 34.4. The minimum Gasteiger partial charge on any atom is -0.374 e. The van der Waals surface area contributed by atoms with Crippen molar-refractivity contribution >= 4 is 56.0 Å². The zero-order chi connectivity index (χ0) is 38.7. The predicted molar refractivity (Wildman–Crippen MR) is 240 cm³/mol. The van der Waals surface area contributed by atoms with Gasteiger partial charge in [-0.2, -0.15) is 0 Å². The first-order chi connectivity index (χ1) is 27.5. The average Bonchev–Trinajstić information content (AvgIpc) is 3.75. The van der Waals surface area contributed by atoms with Crippen molar-refractivity contribution in [2.45, 2.75) is 59.9 Å². The van der Waals surface area contributed by atoms with Gasteiger partial charge in [-0.05, 0) is 116 Å². The lowest BCUT2D eigenvalue weighted by Gasteiger charge is -2.11. The van der Waals surface area contributed by atoms with Crippen LogP contribution in [0.1, 0.15) is 58.9 Å². The number of nitrogens with zero attached hydrogens (tertiary/aromatic N) is 4. The number of rotatable bonds is 14. The molecule has 0 amide bonds. The molecule has 56 heavy (non-hydrogen) atoms. The van der Waals surface area contributed by atoms with E-state index >= 15 is 0 Å². The summed E-state index contributed by atoms with van der Waals surface area (Å²) in [5.74, 6) is 13.4. The van der Waals surface area contributed by atoms with E-state index in [2.05, 4.69) is 179 Å². The van der Waals surface area contributed by atoms with E-state index in [-0.39, 0.29) is 0 Å². The molecule has 0 fully saturated rings. The molecule has 3 aromatic carbocycles. The third kappa shape index (κ3) is 9.61. The Kier molecular flexibility index (Phi) is 13.0. The fourth-order valence-corrected chi connectivity index (χ4v) is 7.56. The molecule has 0 aliphatic heterocycles. The number of aromatic nitrogens is 4. The summed E-state index contributed by atoms with van der Waals surface area (Å²) in [7, 11) is 0. The van der Waals surface area contributed by atoms with Crippen molar-refractivity contribution in [1.29, 1.82) is 0 Å². The number of pyridine rings is 2. The molecule has 0 unspecified atom stereocenters. The summed E-state index contributed by atoms with van der Waals surface area (Å²) < 4.78 is 7.76. The average molecular weight is 851 g/mol. The van der Waals surface area contributed by atoms with Crippen molar-refractivity contribution in [3.8, 4) is 23.7 Å². The molecule has 4 N–H and O–H groups in total. The highest BCUT2D eigenvalue weighted by molar-refractivity contribution is 14.1. The molecule has 4 heterocycles. The van der Waals surface area contributed by atoms with Gasteiger partial charge < -0.3 is 25.1 Å². The Morgan fingerprint density at radius 2 is 1.29 bits per heavy atom. The molecule has 282 valence electrons. The van der Waals surface area contributed by atoms with E-state index in [1.807, 2.05) is 31.5 Å². The molecule has 0 aliphatic carbocycles. The van der Waals surface area contributed by atoms with Gasteiger partial charge in [0.15, 0.2) is 0 Å². The highest BCUT2D eigenvalue weighted by Crippen LogP contribution is 2.23. The summed E-state index contributed by atoms with van der Waals surface area (Å²) in [6, 6.07) is 34.5. The van der Waals surface area contributed by atoms with Gasteiger partial charge in [0.1, 0.15) is 0 Å². The predicted octanol–water partition coefficient (Wildman–Crippen LogP) is 8.98. The van der Waals surface area contributed by atoms with Crippen LogP contribution in [0.15, 0.2) is 109 Å². The third-order valence-corrected chi connectivity index (χ3v) is 10.3. The summed E-state index contributed by atoms with van der Waals surface area (Å²) in [5.41, 5.74) is 13.6. The summed E-state index contributed by atoms with van der Waals surface area (Å²) in [6.07, 6.45) is 4.49. The van der Waals surface area contributed by atoms with Crippen LogP contribution in [0.4, 0.5) is 11.4 Å². The van der Waals surface area contributed by atoms with Crippen LogP contribution in [-0.2, 0) is 39.1 Å². The summed E-state index contributed by atoms with van der Waals surface area (Å²) in [4.78, 5) is 9.05. The Hall–Kier alpha value is -5.59. The van der Waals surface area contributed by atoms with Crippen LogP contribution in [0.5, 0.6) is 0 Å². The van der Waals surface area contributed by atoms with E-state index in [4.69, 9.17) is 4.98 Å². The van der Waals surface area contributed by atoms with Crippen LogP contribution >= 0.6 is 22.9 Å². The molecule has 0 atom stereocenters. The van der Waals surface area contributed by atoms with E-state index in [0.29, 0.717) is 13.1 Å². The van der Waals surface area contributed by atoms with Crippen LogP contribution in [0.2, 0.25) is 0 Å². The van der Waals surface area contributed by atoms with Gasteiger partial charge in [0.05, 0.1) is 36.4 Å². The number of anilines is 2. The number of hydrogen-bond acceptors (Lipinski definition) is 6. The van der Waals surface area contributed by atoms with Gasteiger partial charge in [-0.1, -0.05) is 48.2 Å². The maximum absolute atomic E-state index is 4.79. The molecule has 0 saturated carbocycles. The van der Waals surface area contributed by atoms with Crippen molar-refractivity contribution in [1.82, 2.24) is 27.9 Å². The number of benzene rings is 3. The van der Waals surface area contributed by atoms with Crippen LogP contribution < -0.4 is 19.5 Å². The summed E-state index contributed by atoms with van der Waals surface area (Å²) >= 11 is 2.19. The Morgan fingerprint density at radius 1 is 0.643 bits per heavy atom. The van der Waals surface area contributed by atoms with E-state index < -0.39 is 0 Å². The molecule has 4 aromatic heterocycles.